The summed E-state index contributed by atoms with van der Waals surface area (Å²) in [5.74, 6) is -0.372. The molecule has 2 amide bonds. The first-order valence-corrected chi connectivity index (χ1v) is 13.3. The molecule has 5 N–H and O–H groups in total. The number of halogens is 1. The van der Waals surface area contributed by atoms with Gasteiger partial charge in [-0.2, -0.15) is 5.10 Å². The molecular formula is C29H29ClN4O9. The average Bonchev–Trinajstić information content (AvgIpc) is 3.44. The van der Waals surface area contributed by atoms with Crippen molar-refractivity contribution < 1.29 is 43.2 Å². The van der Waals surface area contributed by atoms with E-state index in [1.165, 1.54) is 31.5 Å². The van der Waals surface area contributed by atoms with Gasteiger partial charge in [-0.25, -0.2) is 14.4 Å². The highest BCUT2D eigenvalue weighted by molar-refractivity contribution is 6.33. The number of aliphatic hydroxyl groups is 1. The van der Waals surface area contributed by atoms with Crippen molar-refractivity contribution in [2.75, 3.05) is 20.3 Å². The Kier molecular flexibility index (Phi) is 9.91. The number of rotatable bonds is 12. The quantitative estimate of drug-likeness (QED) is 0.0873. The summed E-state index contributed by atoms with van der Waals surface area (Å²) in [6.45, 7) is 3.48. The summed E-state index contributed by atoms with van der Waals surface area (Å²) < 4.78 is 22.0. The number of hydrazone groups is 1. The number of furan rings is 1. The normalized spacial score (nSPS) is 15.5. The van der Waals surface area contributed by atoms with Crippen LogP contribution in [0.25, 0.3) is 11.3 Å². The number of allylic oxidation sites excluding steroid dienone is 1. The molecule has 0 fully saturated rings. The van der Waals surface area contributed by atoms with Crippen LogP contribution in [-0.4, -0.2) is 60.9 Å². The highest BCUT2D eigenvalue weighted by Gasteiger charge is 2.32. The number of ether oxygens (including phenoxy) is 3. The maximum absolute atomic E-state index is 12.4. The van der Waals surface area contributed by atoms with Gasteiger partial charge in [0.15, 0.2) is 17.7 Å². The fourth-order valence-electron chi connectivity index (χ4n) is 4.22. The fraction of sp³-hybridized carbons (Fsp3) is 0.241. The number of amides is 2. The lowest BCUT2D eigenvalue weighted by Gasteiger charge is -2.28. The molecule has 0 bridgehead atoms. The molecule has 2 aromatic carbocycles. The van der Waals surface area contributed by atoms with Gasteiger partial charge in [0, 0.05) is 11.3 Å². The lowest BCUT2D eigenvalue weighted by atomic mass is 9.95. The molecule has 1 aromatic heterocycles. The van der Waals surface area contributed by atoms with Crippen LogP contribution in [0.5, 0.6) is 11.5 Å². The van der Waals surface area contributed by atoms with Gasteiger partial charge < -0.3 is 39.5 Å². The topological polar surface area (TPSA) is 181 Å². The molecule has 43 heavy (non-hydrogen) atoms. The second-order valence-corrected chi connectivity index (χ2v) is 9.52. The third-order valence-corrected chi connectivity index (χ3v) is 6.52. The van der Waals surface area contributed by atoms with Gasteiger partial charge >= 0.3 is 18.0 Å². The molecule has 226 valence electrons. The number of benzene rings is 2. The number of carbonyl (C=O) groups excluding carboxylic acids is 2. The van der Waals surface area contributed by atoms with Gasteiger partial charge in [-0.15, -0.1) is 0 Å². The molecule has 14 heteroatoms. The highest BCUT2D eigenvalue weighted by Crippen LogP contribution is 2.35. The number of nitrogens with one attached hydrogen (secondary N) is 3. The number of aliphatic hydroxyl groups excluding tert-OH is 1. The molecule has 1 aliphatic heterocycles. The summed E-state index contributed by atoms with van der Waals surface area (Å²) in [5.41, 5.74) is 4.17. The Morgan fingerprint density at radius 2 is 1.95 bits per heavy atom. The maximum Gasteiger partial charge on any atom is 0.337 e. The minimum absolute atomic E-state index is 0.0638. The monoisotopic (exact) mass is 612 g/mol. The summed E-state index contributed by atoms with van der Waals surface area (Å²) in [6.07, 6.45) is 0.103. The predicted octanol–water partition coefficient (Wildman–Crippen LogP) is 3.82. The third kappa shape index (κ3) is 7.45. The van der Waals surface area contributed by atoms with E-state index in [0.29, 0.717) is 51.5 Å². The first-order valence-electron chi connectivity index (χ1n) is 13.0. The number of urea groups is 1. The molecule has 13 nitrogen and oxygen atoms in total. The summed E-state index contributed by atoms with van der Waals surface area (Å²) in [7, 11) is 1.26. The van der Waals surface area contributed by atoms with Crippen LogP contribution < -0.4 is 25.5 Å². The summed E-state index contributed by atoms with van der Waals surface area (Å²) in [5, 5.41) is 29.1. The predicted molar refractivity (Wildman–Crippen MR) is 155 cm³/mol. The fourth-order valence-corrected chi connectivity index (χ4v) is 4.43. The Hall–Kier alpha value is -5.01. The Labute approximate surface area is 251 Å². The van der Waals surface area contributed by atoms with E-state index in [-0.39, 0.29) is 17.7 Å². The zero-order chi connectivity index (χ0) is 31.1. The molecule has 2 atom stereocenters. The lowest BCUT2D eigenvalue weighted by Crippen LogP contribution is -2.45. The number of carboxylic acids is 1. The van der Waals surface area contributed by atoms with Gasteiger partial charge in [0.2, 0.25) is 0 Å². The Morgan fingerprint density at radius 1 is 1.16 bits per heavy atom. The van der Waals surface area contributed by atoms with Crippen molar-refractivity contribution >= 4 is 35.8 Å². The Balaban J connectivity index is 1.40. The van der Waals surface area contributed by atoms with E-state index in [2.05, 4.69) is 21.2 Å². The van der Waals surface area contributed by atoms with Crippen molar-refractivity contribution in [1.82, 2.24) is 16.1 Å². The number of carbonyl (C=O) groups is 3. The van der Waals surface area contributed by atoms with Crippen molar-refractivity contribution in [3.63, 3.8) is 0 Å². The molecule has 0 unspecified atom stereocenters. The van der Waals surface area contributed by atoms with E-state index in [0.717, 1.165) is 0 Å². The smallest absolute Gasteiger partial charge is 0.337 e. The largest absolute Gasteiger partial charge is 0.490 e. The van der Waals surface area contributed by atoms with Gasteiger partial charge in [0.25, 0.3) is 0 Å². The zero-order valence-electron chi connectivity index (χ0n) is 23.3. The van der Waals surface area contributed by atoms with Crippen LogP contribution in [0, 0.1) is 0 Å². The van der Waals surface area contributed by atoms with Gasteiger partial charge in [0.1, 0.15) is 18.1 Å². The molecule has 3 aromatic rings. The maximum atomic E-state index is 12.4. The molecule has 1 aliphatic rings. The Morgan fingerprint density at radius 3 is 2.67 bits per heavy atom. The van der Waals surface area contributed by atoms with Gasteiger partial charge in [0.05, 0.1) is 42.1 Å². The van der Waals surface area contributed by atoms with Crippen LogP contribution in [0.3, 0.4) is 0 Å². The Bertz CT molecular complexity index is 1580. The summed E-state index contributed by atoms with van der Waals surface area (Å²) >= 11 is 6.20. The number of nitrogens with zero attached hydrogens (tertiary/aromatic N) is 1. The second kappa shape index (κ2) is 13.8. The van der Waals surface area contributed by atoms with Crippen LogP contribution in [-0.2, 0) is 9.53 Å². The van der Waals surface area contributed by atoms with Crippen molar-refractivity contribution in [3.8, 4) is 22.8 Å². The average molecular weight is 613 g/mol. The SMILES string of the molecule is CCOc1cc([C@@H]2NC(=O)NC(C)=C2C(=O)OC)ccc1OC[C@H](O)N/N=C\c1ccc(-c2cc(C(=O)O)ccc2Cl)o1. The van der Waals surface area contributed by atoms with E-state index < -0.39 is 30.2 Å². The van der Waals surface area contributed by atoms with Crippen LogP contribution in [0.15, 0.2) is 69.3 Å². The van der Waals surface area contributed by atoms with Crippen molar-refractivity contribution in [1.29, 1.82) is 0 Å². The number of carboxylic acid groups (broad SMARTS) is 1. The summed E-state index contributed by atoms with van der Waals surface area (Å²) in [6, 6.07) is 11.1. The standard InChI is InChI=1S/C29H29ClN4O9/c1-4-41-23-12-16(26-25(28(38)40-3)15(2)32-29(39)33-26)6-9-22(23)42-14-24(35)34-31-13-18-7-10-21(43-18)19-11-17(27(36)37)5-8-20(19)30/h5-13,24,26,34-35H,4,14H2,1-3H3,(H,36,37)(H2,32,33,39)/b31-13-/t24-,26-/m0/s1. The molecule has 2 heterocycles. The molecule has 4 rings (SSSR count). The molecule has 0 spiro atoms. The van der Waals surface area contributed by atoms with E-state index >= 15 is 0 Å². The van der Waals surface area contributed by atoms with Crippen molar-refractivity contribution in [3.05, 3.63) is 81.7 Å². The highest BCUT2D eigenvalue weighted by atomic mass is 35.5. The second-order valence-electron chi connectivity index (χ2n) is 9.12. The number of aromatic carboxylic acids is 1. The molecule has 0 aliphatic carbocycles. The molecule has 0 saturated carbocycles. The van der Waals surface area contributed by atoms with Gasteiger partial charge in [-0.05, 0) is 61.9 Å². The van der Waals surface area contributed by atoms with E-state index in [4.69, 9.17) is 30.2 Å². The van der Waals surface area contributed by atoms with Crippen LogP contribution >= 0.6 is 11.6 Å². The van der Waals surface area contributed by atoms with E-state index in [1.54, 1.807) is 44.2 Å². The molecule has 0 radical (unpaired) electrons. The minimum Gasteiger partial charge on any atom is -0.490 e. The van der Waals surface area contributed by atoms with E-state index in [1.807, 2.05) is 0 Å². The van der Waals surface area contributed by atoms with Crippen LogP contribution in [0.1, 0.15) is 41.6 Å². The number of esters is 1. The number of methoxy groups -OCH3 is 1. The van der Waals surface area contributed by atoms with Crippen LogP contribution in [0.2, 0.25) is 5.02 Å². The van der Waals surface area contributed by atoms with E-state index in [9.17, 15) is 24.6 Å². The van der Waals surface area contributed by atoms with Gasteiger partial charge in [-0.3, -0.25) is 5.43 Å². The third-order valence-electron chi connectivity index (χ3n) is 6.19. The first-order chi connectivity index (χ1) is 20.6. The zero-order valence-corrected chi connectivity index (χ0v) is 24.1. The number of hydrogen-bond acceptors (Lipinski definition) is 10. The molecular weight excluding hydrogens is 584 g/mol. The minimum atomic E-state index is -1.22. The van der Waals surface area contributed by atoms with Crippen molar-refractivity contribution in [2.24, 2.45) is 5.10 Å². The first kappa shape index (κ1) is 30.9. The van der Waals surface area contributed by atoms with Crippen molar-refractivity contribution in [2.45, 2.75) is 26.1 Å². The lowest BCUT2D eigenvalue weighted by molar-refractivity contribution is -0.136. The van der Waals surface area contributed by atoms with Gasteiger partial charge in [-0.1, -0.05) is 17.7 Å². The number of hydrogen-bond donors (Lipinski definition) is 5. The summed E-state index contributed by atoms with van der Waals surface area (Å²) in [4.78, 5) is 35.8. The van der Waals surface area contributed by atoms with Crippen LogP contribution in [0.4, 0.5) is 4.79 Å². The molecule has 0 saturated heterocycles.